The SMILES string of the molecule is COc1cc2nccc(Oc3ccc(NC(=O)c4n[nH]c(C)c(-c5ccc(F)cc5)c4=O)cc3F)c2nc1OC. The fourth-order valence-electron chi connectivity index (χ4n) is 4.01. The first-order valence-corrected chi connectivity index (χ1v) is 11.8. The Labute approximate surface area is 225 Å². The summed E-state index contributed by atoms with van der Waals surface area (Å²) in [6.45, 7) is 1.61. The predicted molar refractivity (Wildman–Crippen MR) is 142 cm³/mol. The highest BCUT2D eigenvalue weighted by atomic mass is 19.1. The summed E-state index contributed by atoms with van der Waals surface area (Å²) in [5, 5.41) is 8.96. The van der Waals surface area contributed by atoms with E-state index in [4.69, 9.17) is 14.2 Å². The summed E-state index contributed by atoms with van der Waals surface area (Å²) >= 11 is 0. The molecule has 0 saturated carbocycles. The first-order valence-electron chi connectivity index (χ1n) is 11.8. The van der Waals surface area contributed by atoms with E-state index in [1.807, 2.05) is 0 Å². The molecule has 10 nitrogen and oxygen atoms in total. The van der Waals surface area contributed by atoms with E-state index < -0.39 is 28.7 Å². The van der Waals surface area contributed by atoms with E-state index >= 15 is 4.39 Å². The second kappa shape index (κ2) is 10.8. The number of H-pyrrole nitrogens is 1. The van der Waals surface area contributed by atoms with E-state index in [1.54, 1.807) is 13.0 Å². The van der Waals surface area contributed by atoms with Gasteiger partial charge in [0.25, 0.3) is 11.8 Å². The number of carbonyl (C=O) groups is 1. The largest absolute Gasteiger partial charge is 0.491 e. The molecule has 0 aliphatic heterocycles. The normalized spacial score (nSPS) is 10.8. The van der Waals surface area contributed by atoms with Crippen molar-refractivity contribution in [1.82, 2.24) is 20.2 Å². The number of hydrogen-bond acceptors (Lipinski definition) is 8. The number of hydrogen-bond donors (Lipinski definition) is 2. The molecule has 202 valence electrons. The molecule has 5 aromatic rings. The first-order chi connectivity index (χ1) is 19.3. The maximum Gasteiger partial charge on any atom is 0.280 e. The van der Waals surface area contributed by atoms with Crippen molar-refractivity contribution in [2.75, 3.05) is 19.5 Å². The molecular weight excluding hydrogens is 524 g/mol. The minimum atomic E-state index is -0.858. The van der Waals surface area contributed by atoms with Crippen LogP contribution in [0.25, 0.3) is 22.2 Å². The molecule has 0 saturated heterocycles. The Morgan fingerprint density at radius 1 is 0.950 bits per heavy atom. The molecule has 0 aliphatic rings. The van der Waals surface area contributed by atoms with Crippen LogP contribution in [0.2, 0.25) is 0 Å². The average Bonchev–Trinajstić information content (AvgIpc) is 2.94. The number of aryl methyl sites for hydroxylation is 1. The Hall–Kier alpha value is -5.39. The summed E-state index contributed by atoms with van der Waals surface area (Å²) in [5.74, 6) is -1.47. The highest BCUT2D eigenvalue weighted by Gasteiger charge is 2.20. The molecule has 1 amide bonds. The second-order valence-electron chi connectivity index (χ2n) is 8.49. The van der Waals surface area contributed by atoms with Gasteiger partial charge in [-0.2, -0.15) is 5.10 Å². The lowest BCUT2D eigenvalue weighted by molar-refractivity contribution is 0.102. The van der Waals surface area contributed by atoms with Crippen LogP contribution in [0.5, 0.6) is 23.1 Å². The molecule has 40 heavy (non-hydrogen) atoms. The Kier molecular flexibility index (Phi) is 7.06. The van der Waals surface area contributed by atoms with Gasteiger partial charge in [-0.15, -0.1) is 0 Å². The molecule has 5 rings (SSSR count). The van der Waals surface area contributed by atoms with Crippen LogP contribution in [-0.4, -0.2) is 40.3 Å². The van der Waals surface area contributed by atoms with Gasteiger partial charge in [-0.3, -0.25) is 19.7 Å². The quantitative estimate of drug-likeness (QED) is 0.292. The van der Waals surface area contributed by atoms with Gasteiger partial charge in [-0.1, -0.05) is 12.1 Å². The third-order valence-corrected chi connectivity index (χ3v) is 5.93. The molecular formula is C28H21F2N5O5. The van der Waals surface area contributed by atoms with Gasteiger partial charge < -0.3 is 19.5 Å². The van der Waals surface area contributed by atoms with E-state index in [0.29, 0.717) is 28.0 Å². The molecule has 3 aromatic heterocycles. The lowest BCUT2D eigenvalue weighted by Gasteiger charge is -2.12. The van der Waals surface area contributed by atoms with Gasteiger partial charge in [0.15, 0.2) is 28.8 Å². The molecule has 2 N–H and O–H groups in total. The van der Waals surface area contributed by atoms with Gasteiger partial charge in [0, 0.05) is 35.8 Å². The van der Waals surface area contributed by atoms with Gasteiger partial charge in [-0.05, 0) is 36.8 Å². The topological polar surface area (TPSA) is 128 Å². The molecule has 12 heteroatoms. The third kappa shape index (κ3) is 5.01. The van der Waals surface area contributed by atoms with Crippen molar-refractivity contribution >= 4 is 22.6 Å². The molecule has 0 unspecified atom stereocenters. The molecule has 0 spiro atoms. The third-order valence-electron chi connectivity index (χ3n) is 5.93. The summed E-state index contributed by atoms with van der Waals surface area (Å²) in [4.78, 5) is 34.5. The van der Waals surface area contributed by atoms with Crippen molar-refractivity contribution in [2.24, 2.45) is 0 Å². The highest BCUT2D eigenvalue weighted by molar-refractivity contribution is 6.03. The van der Waals surface area contributed by atoms with Gasteiger partial charge in [0.2, 0.25) is 5.43 Å². The predicted octanol–water partition coefficient (Wildman–Crippen LogP) is 5.03. The summed E-state index contributed by atoms with van der Waals surface area (Å²) in [6, 6.07) is 12.2. The van der Waals surface area contributed by atoms with Crippen LogP contribution < -0.4 is 25.0 Å². The standard InChI is InChI=1S/C28H21F2N5O5/c1-14-23(15-4-6-16(29)7-5-15)26(36)25(35-34-14)27(37)32-17-8-9-20(18(30)12-17)40-21-10-11-31-19-13-22(38-2)28(39-3)33-24(19)21/h4-13H,1-3H3,(H,32,37)(H,34,36). The van der Waals surface area contributed by atoms with Crippen LogP contribution >= 0.6 is 0 Å². The first kappa shape index (κ1) is 26.2. The van der Waals surface area contributed by atoms with E-state index in [2.05, 4.69) is 25.5 Å². The van der Waals surface area contributed by atoms with Crippen LogP contribution in [0.4, 0.5) is 14.5 Å². The Balaban J connectivity index is 1.40. The molecule has 0 aliphatic carbocycles. The van der Waals surface area contributed by atoms with Crippen LogP contribution in [0.1, 0.15) is 16.2 Å². The van der Waals surface area contributed by atoms with Crippen molar-refractivity contribution < 1.29 is 27.8 Å². The summed E-state index contributed by atoms with van der Waals surface area (Å²) in [7, 11) is 2.90. The van der Waals surface area contributed by atoms with E-state index in [0.717, 1.165) is 6.07 Å². The number of fused-ring (bicyclic) bond motifs is 1. The molecule has 0 bridgehead atoms. The van der Waals surface area contributed by atoms with Crippen molar-refractivity contribution in [2.45, 2.75) is 6.92 Å². The minimum Gasteiger partial charge on any atom is -0.491 e. The number of halogens is 2. The number of carbonyl (C=O) groups excluding carboxylic acids is 1. The van der Waals surface area contributed by atoms with E-state index in [9.17, 15) is 14.0 Å². The molecule has 0 radical (unpaired) electrons. The number of nitrogens with one attached hydrogen (secondary N) is 2. The zero-order chi connectivity index (χ0) is 28.4. The summed E-state index contributed by atoms with van der Waals surface area (Å²) in [6.07, 6.45) is 1.48. The highest BCUT2D eigenvalue weighted by Crippen LogP contribution is 2.35. The number of methoxy groups -OCH3 is 2. The van der Waals surface area contributed by atoms with Crippen LogP contribution in [0, 0.1) is 18.6 Å². The average molecular weight is 546 g/mol. The number of amides is 1. The number of aromatic nitrogens is 4. The van der Waals surface area contributed by atoms with E-state index in [1.165, 1.54) is 62.9 Å². The number of anilines is 1. The van der Waals surface area contributed by atoms with Gasteiger partial charge in [0.05, 0.1) is 25.3 Å². The Bertz CT molecular complexity index is 1810. The Morgan fingerprint density at radius 3 is 2.42 bits per heavy atom. The fraction of sp³-hybridized carbons (Fsp3) is 0.107. The number of nitrogens with zero attached hydrogens (tertiary/aromatic N) is 3. The minimum absolute atomic E-state index is 0.0593. The smallest absolute Gasteiger partial charge is 0.280 e. The van der Waals surface area contributed by atoms with Crippen LogP contribution in [-0.2, 0) is 0 Å². The number of aromatic amines is 1. The molecule has 0 atom stereocenters. The van der Waals surface area contributed by atoms with Crippen molar-refractivity contribution in [3.8, 4) is 34.3 Å². The lowest BCUT2D eigenvalue weighted by atomic mass is 10.0. The zero-order valence-electron chi connectivity index (χ0n) is 21.4. The zero-order valence-corrected chi connectivity index (χ0v) is 21.4. The van der Waals surface area contributed by atoms with Gasteiger partial charge in [0.1, 0.15) is 11.3 Å². The number of ether oxygens (including phenoxy) is 3. The molecule has 2 aromatic carbocycles. The van der Waals surface area contributed by atoms with E-state index in [-0.39, 0.29) is 28.6 Å². The van der Waals surface area contributed by atoms with Crippen LogP contribution in [0.15, 0.2) is 65.6 Å². The van der Waals surface area contributed by atoms with Crippen LogP contribution in [0.3, 0.4) is 0 Å². The summed E-state index contributed by atoms with van der Waals surface area (Å²) in [5.41, 5.74) is 0.697. The lowest BCUT2D eigenvalue weighted by Crippen LogP contribution is -2.26. The Morgan fingerprint density at radius 2 is 1.73 bits per heavy atom. The number of pyridine rings is 2. The number of benzene rings is 2. The fourth-order valence-corrected chi connectivity index (χ4v) is 4.01. The van der Waals surface area contributed by atoms with Gasteiger partial charge >= 0.3 is 0 Å². The maximum absolute atomic E-state index is 15.0. The molecule has 3 heterocycles. The summed E-state index contributed by atoms with van der Waals surface area (Å²) < 4.78 is 44.6. The van der Waals surface area contributed by atoms with Crippen molar-refractivity contribution in [3.63, 3.8) is 0 Å². The van der Waals surface area contributed by atoms with Crippen molar-refractivity contribution in [1.29, 1.82) is 0 Å². The monoisotopic (exact) mass is 545 g/mol. The second-order valence-corrected chi connectivity index (χ2v) is 8.49. The maximum atomic E-state index is 15.0. The molecule has 0 fully saturated rings. The van der Waals surface area contributed by atoms with Crippen molar-refractivity contribution in [3.05, 3.63) is 94.0 Å². The number of rotatable bonds is 7. The van der Waals surface area contributed by atoms with Gasteiger partial charge in [-0.25, -0.2) is 13.8 Å².